The molecule has 0 atom stereocenters. The fourth-order valence-corrected chi connectivity index (χ4v) is 3.66. The molecule has 0 bridgehead atoms. The van der Waals surface area contributed by atoms with Gasteiger partial charge in [0, 0.05) is 0 Å². The van der Waals surface area contributed by atoms with Crippen LogP contribution in [-0.4, -0.2) is 7.32 Å². The molecule has 1 saturated carbocycles. The molecule has 4 heteroatoms. The molecule has 142 valence electrons. The summed E-state index contributed by atoms with van der Waals surface area (Å²) in [5.74, 6) is 2.81. The Morgan fingerprint density at radius 2 is 1.00 bits per heavy atom. The molecule has 0 saturated heterocycles. The second-order valence-corrected chi connectivity index (χ2v) is 7.17. The van der Waals surface area contributed by atoms with E-state index in [0.717, 1.165) is 5.75 Å². The zero-order valence-electron chi connectivity index (χ0n) is 16.0. The van der Waals surface area contributed by atoms with Gasteiger partial charge in [0.25, 0.3) is 0 Å². The number of hydrogen-bond acceptors (Lipinski definition) is 3. The van der Waals surface area contributed by atoms with E-state index in [0.29, 0.717) is 17.4 Å². The van der Waals surface area contributed by atoms with E-state index >= 15 is 0 Å². The Bertz CT molecular complexity index is 789. The molecule has 0 N–H and O–H groups in total. The second kappa shape index (κ2) is 9.36. The lowest BCUT2D eigenvalue weighted by molar-refractivity contribution is 0.307. The third kappa shape index (κ3) is 5.10. The number of para-hydroxylation sites is 2. The molecule has 0 unspecified atom stereocenters. The van der Waals surface area contributed by atoms with E-state index < -0.39 is 7.32 Å². The van der Waals surface area contributed by atoms with Gasteiger partial charge in [0.15, 0.2) is 0 Å². The summed E-state index contributed by atoms with van der Waals surface area (Å²) in [7, 11) is -0.870. The Morgan fingerprint density at radius 3 is 1.50 bits per heavy atom. The Labute approximate surface area is 167 Å². The molecular formula is C24H25BO3. The lowest BCUT2D eigenvalue weighted by atomic mass is 9.84. The molecule has 4 rings (SSSR count). The van der Waals surface area contributed by atoms with Crippen LogP contribution in [0.25, 0.3) is 0 Å². The minimum absolute atomic E-state index is 0.680. The predicted octanol–water partition coefficient (Wildman–Crippen LogP) is 6.26. The molecule has 0 radical (unpaired) electrons. The molecule has 3 aromatic carbocycles. The van der Waals surface area contributed by atoms with Gasteiger partial charge in [0.1, 0.15) is 17.2 Å². The zero-order valence-corrected chi connectivity index (χ0v) is 16.0. The van der Waals surface area contributed by atoms with Gasteiger partial charge in [-0.3, -0.25) is 0 Å². The summed E-state index contributed by atoms with van der Waals surface area (Å²) >= 11 is 0. The van der Waals surface area contributed by atoms with Gasteiger partial charge >= 0.3 is 7.32 Å². The van der Waals surface area contributed by atoms with Gasteiger partial charge in [-0.05, 0) is 60.7 Å². The van der Waals surface area contributed by atoms with Gasteiger partial charge in [0.2, 0.25) is 0 Å². The van der Waals surface area contributed by atoms with Gasteiger partial charge in [0.05, 0.1) is 0 Å². The largest absolute Gasteiger partial charge is 0.864 e. The fraction of sp³-hybridized carbons (Fsp3) is 0.250. The monoisotopic (exact) mass is 372 g/mol. The molecule has 1 aliphatic carbocycles. The average molecular weight is 372 g/mol. The summed E-state index contributed by atoms with van der Waals surface area (Å²) in [6.07, 6.45) is 6.61. The Balaban J connectivity index is 1.46. The summed E-state index contributed by atoms with van der Waals surface area (Å²) in [5.41, 5.74) is 1.40. The predicted molar refractivity (Wildman–Crippen MR) is 113 cm³/mol. The maximum absolute atomic E-state index is 6.02. The van der Waals surface area contributed by atoms with Crippen molar-refractivity contribution in [1.29, 1.82) is 0 Å². The van der Waals surface area contributed by atoms with Gasteiger partial charge in [-0.25, -0.2) is 0 Å². The molecular weight excluding hydrogens is 347 g/mol. The highest BCUT2D eigenvalue weighted by atomic mass is 16.7. The van der Waals surface area contributed by atoms with Crippen molar-refractivity contribution < 1.29 is 14.0 Å². The van der Waals surface area contributed by atoms with Crippen LogP contribution in [0.1, 0.15) is 43.6 Å². The molecule has 0 aromatic heterocycles. The van der Waals surface area contributed by atoms with Crippen molar-refractivity contribution >= 4 is 7.32 Å². The van der Waals surface area contributed by atoms with Crippen molar-refractivity contribution in [2.24, 2.45) is 0 Å². The lowest BCUT2D eigenvalue weighted by Crippen LogP contribution is -2.36. The fourth-order valence-electron chi connectivity index (χ4n) is 3.66. The SMILES string of the molecule is c1ccc(OB(Oc2ccccc2)Oc2ccc(C3CCCCC3)cc2)cc1. The molecule has 1 aliphatic rings. The lowest BCUT2D eigenvalue weighted by Gasteiger charge is -2.22. The van der Waals surface area contributed by atoms with Crippen LogP contribution in [0.4, 0.5) is 0 Å². The van der Waals surface area contributed by atoms with Crippen molar-refractivity contribution in [2.45, 2.75) is 38.0 Å². The van der Waals surface area contributed by atoms with Gasteiger partial charge in [-0.2, -0.15) is 0 Å². The van der Waals surface area contributed by atoms with Gasteiger partial charge in [-0.1, -0.05) is 67.8 Å². The molecule has 0 spiro atoms. The first-order valence-corrected chi connectivity index (χ1v) is 10.1. The second-order valence-electron chi connectivity index (χ2n) is 7.17. The van der Waals surface area contributed by atoms with Crippen LogP contribution in [0.3, 0.4) is 0 Å². The first-order chi connectivity index (χ1) is 13.9. The molecule has 1 fully saturated rings. The highest BCUT2D eigenvalue weighted by Crippen LogP contribution is 2.33. The van der Waals surface area contributed by atoms with E-state index in [2.05, 4.69) is 12.1 Å². The summed E-state index contributed by atoms with van der Waals surface area (Å²) in [6.45, 7) is 0. The first kappa shape index (κ1) is 18.5. The summed E-state index contributed by atoms with van der Waals surface area (Å²) in [5, 5.41) is 0. The Morgan fingerprint density at radius 1 is 0.536 bits per heavy atom. The van der Waals surface area contributed by atoms with Crippen LogP contribution in [0.15, 0.2) is 84.9 Å². The van der Waals surface area contributed by atoms with E-state index in [4.69, 9.17) is 14.0 Å². The Kier molecular flexibility index (Phi) is 6.18. The van der Waals surface area contributed by atoms with Crippen molar-refractivity contribution in [1.82, 2.24) is 0 Å². The number of rotatable bonds is 7. The standard InChI is InChI=1S/C24H25BO3/c1-4-10-20(11-5-1)21-16-18-24(19-17-21)28-25(26-22-12-6-2-7-13-22)27-23-14-8-3-9-15-23/h2-3,6-9,12-20H,1,4-5,10-11H2. The summed E-state index contributed by atoms with van der Waals surface area (Å²) in [4.78, 5) is 0. The minimum Gasteiger partial charge on any atom is -0.490 e. The highest BCUT2D eigenvalue weighted by Gasteiger charge is 2.30. The molecule has 28 heavy (non-hydrogen) atoms. The van der Waals surface area contributed by atoms with Crippen LogP contribution < -0.4 is 14.0 Å². The zero-order chi connectivity index (χ0) is 19.0. The van der Waals surface area contributed by atoms with Gasteiger partial charge < -0.3 is 14.0 Å². The van der Waals surface area contributed by atoms with E-state index in [1.54, 1.807) is 0 Å². The van der Waals surface area contributed by atoms with Crippen LogP contribution in [0.5, 0.6) is 17.2 Å². The van der Waals surface area contributed by atoms with Crippen LogP contribution in [0, 0.1) is 0 Å². The van der Waals surface area contributed by atoms with E-state index in [-0.39, 0.29) is 0 Å². The average Bonchev–Trinajstić information content (AvgIpc) is 2.76. The van der Waals surface area contributed by atoms with E-state index in [1.165, 1.54) is 37.7 Å². The van der Waals surface area contributed by atoms with Crippen LogP contribution in [-0.2, 0) is 0 Å². The summed E-state index contributed by atoms with van der Waals surface area (Å²) in [6, 6.07) is 27.5. The first-order valence-electron chi connectivity index (χ1n) is 10.1. The van der Waals surface area contributed by atoms with Crippen molar-refractivity contribution in [3.63, 3.8) is 0 Å². The number of hydrogen-bond donors (Lipinski definition) is 0. The molecule has 3 aromatic rings. The topological polar surface area (TPSA) is 27.7 Å². The summed E-state index contributed by atoms with van der Waals surface area (Å²) < 4.78 is 17.9. The Hall–Kier alpha value is -2.88. The maximum atomic E-state index is 6.02. The van der Waals surface area contributed by atoms with Crippen LogP contribution >= 0.6 is 0 Å². The molecule has 3 nitrogen and oxygen atoms in total. The highest BCUT2D eigenvalue weighted by molar-refractivity contribution is 6.39. The maximum Gasteiger partial charge on any atom is 0.864 e. The van der Waals surface area contributed by atoms with E-state index in [9.17, 15) is 0 Å². The molecule has 0 aliphatic heterocycles. The molecule has 0 amide bonds. The van der Waals surface area contributed by atoms with Gasteiger partial charge in [-0.15, -0.1) is 0 Å². The van der Waals surface area contributed by atoms with Crippen molar-refractivity contribution in [2.75, 3.05) is 0 Å². The minimum atomic E-state index is -0.870. The third-order valence-electron chi connectivity index (χ3n) is 5.14. The normalized spacial score (nSPS) is 14.3. The van der Waals surface area contributed by atoms with Crippen molar-refractivity contribution in [3.05, 3.63) is 90.5 Å². The van der Waals surface area contributed by atoms with Crippen molar-refractivity contribution in [3.8, 4) is 17.2 Å². The smallest absolute Gasteiger partial charge is 0.490 e. The number of benzene rings is 3. The third-order valence-corrected chi connectivity index (χ3v) is 5.14. The molecule has 0 heterocycles. The van der Waals surface area contributed by atoms with E-state index in [1.807, 2.05) is 72.8 Å². The quantitative estimate of drug-likeness (QED) is 0.459. The van der Waals surface area contributed by atoms with Crippen LogP contribution in [0.2, 0.25) is 0 Å².